The Morgan fingerprint density at radius 2 is 1.50 bits per heavy atom. The van der Waals surface area contributed by atoms with Gasteiger partial charge in [0.2, 0.25) is 0 Å². The Kier molecular flexibility index (Phi) is 10.6. The number of ether oxygens (including phenoxy) is 2. The Balaban J connectivity index is 3.64. The molecule has 0 spiro atoms. The van der Waals surface area contributed by atoms with E-state index in [1.807, 2.05) is 32.0 Å². The fourth-order valence-corrected chi connectivity index (χ4v) is 3.93. The monoisotopic (exact) mass is 420 g/mol. The van der Waals surface area contributed by atoms with Gasteiger partial charge in [-0.3, -0.25) is 14.4 Å². The summed E-state index contributed by atoms with van der Waals surface area (Å²) in [6.07, 6.45) is 3.13. The highest BCUT2D eigenvalue weighted by molar-refractivity contribution is 6.04. The number of carboxylic acids is 1. The number of rotatable bonds is 13. The molecule has 6 heteroatoms. The number of hydrogen-bond acceptors (Lipinski definition) is 5. The lowest BCUT2D eigenvalue weighted by Crippen LogP contribution is -2.52. The van der Waals surface area contributed by atoms with Crippen molar-refractivity contribution in [1.29, 1.82) is 0 Å². The van der Waals surface area contributed by atoms with E-state index < -0.39 is 29.2 Å². The molecule has 168 valence electrons. The third kappa shape index (κ3) is 5.83. The van der Waals surface area contributed by atoms with Crippen LogP contribution in [-0.4, -0.2) is 36.2 Å². The highest BCUT2D eigenvalue weighted by Crippen LogP contribution is 2.39. The number of carboxylic acid groups (broad SMARTS) is 1. The maximum atomic E-state index is 13.2. The number of aryl methyl sites for hydroxylation is 2. The lowest BCUT2D eigenvalue weighted by molar-refractivity contribution is -0.182. The van der Waals surface area contributed by atoms with Crippen LogP contribution in [0.15, 0.2) is 18.2 Å². The van der Waals surface area contributed by atoms with E-state index >= 15 is 0 Å². The van der Waals surface area contributed by atoms with Gasteiger partial charge in [0, 0.05) is 6.42 Å². The second kappa shape index (κ2) is 12.4. The standard InChI is InChI=1S/C24H36O6/c1-6-11-12-20(21(25)26)24(22(27)29-9-4,23(28)30-10-5)16-17-13-14-18(7-2)19(8-3)15-17/h13-15,20H,6-12,16H2,1-5H3,(H,25,26). The Morgan fingerprint density at radius 1 is 0.933 bits per heavy atom. The summed E-state index contributed by atoms with van der Waals surface area (Å²) in [6.45, 7) is 9.43. The minimum absolute atomic E-state index is 0.0507. The van der Waals surface area contributed by atoms with Crippen molar-refractivity contribution >= 4 is 17.9 Å². The van der Waals surface area contributed by atoms with Crippen molar-refractivity contribution in [2.24, 2.45) is 11.3 Å². The first-order chi connectivity index (χ1) is 14.3. The summed E-state index contributed by atoms with van der Waals surface area (Å²) < 4.78 is 10.5. The van der Waals surface area contributed by atoms with Gasteiger partial charge in [0.25, 0.3) is 0 Å². The Labute approximate surface area is 180 Å². The summed E-state index contributed by atoms with van der Waals surface area (Å²) in [7, 11) is 0. The molecule has 0 aliphatic rings. The molecule has 0 amide bonds. The highest BCUT2D eigenvalue weighted by atomic mass is 16.6. The van der Waals surface area contributed by atoms with E-state index in [1.165, 1.54) is 5.56 Å². The second-order valence-electron chi connectivity index (χ2n) is 7.43. The fourth-order valence-electron chi connectivity index (χ4n) is 3.93. The van der Waals surface area contributed by atoms with Crippen LogP contribution in [0.5, 0.6) is 0 Å². The fraction of sp³-hybridized carbons (Fsp3) is 0.625. The van der Waals surface area contributed by atoms with Gasteiger partial charge in [-0.25, -0.2) is 0 Å². The molecule has 1 N–H and O–H groups in total. The molecule has 1 rings (SSSR count). The summed E-state index contributed by atoms with van der Waals surface area (Å²) >= 11 is 0. The van der Waals surface area contributed by atoms with Crippen LogP contribution in [-0.2, 0) is 43.1 Å². The van der Waals surface area contributed by atoms with Gasteiger partial charge in [-0.2, -0.15) is 0 Å². The summed E-state index contributed by atoms with van der Waals surface area (Å²) in [5.74, 6) is -4.08. The van der Waals surface area contributed by atoms with Crippen molar-refractivity contribution in [2.75, 3.05) is 13.2 Å². The van der Waals surface area contributed by atoms with Gasteiger partial charge < -0.3 is 14.6 Å². The van der Waals surface area contributed by atoms with Crippen LogP contribution in [0.2, 0.25) is 0 Å². The van der Waals surface area contributed by atoms with Crippen LogP contribution in [0, 0.1) is 11.3 Å². The zero-order chi connectivity index (χ0) is 22.7. The van der Waals surface area contributed by atoms with E-state index in [1.54, 1.807) is 13.8 Å². The lowest BCUT2D eigenvalue weighted by atomic mass is 9.68. The highest BCUT2D eigenvalue weighted by Gasteiger charge is 2.57. The van der Waals surface area contributed by atoms with Gasteiger partial charge in [-0.15, -0.1) is 0 Å². The number of benzene rings is 1. The number of aliphatic carboxylic acids is 1. The lowest BCUT2D eigenvalue weighted by Gasteiger charge is -2.34. The maximum Gasteiger partial charge on any atom is 0.324 e. The number of esters is 2. The first-order valence-electron chi connectivity index (χ1n) is 11.0. The topological polar surface area (TPSA) is 89.9 Å². The Hall–Kier alpha value is -2.37. The molecule has 0 aliphatic carbocycles. The smallest absolute Gasteiger partial charge is 0.324 e. The largest absolute Gasteiger partial charge is 0.481 e. The SMILES string of the molecule is CCCCC(C(=O)O)C(Cc1ccc(CC)c(CC)c1)(C(=O)OCC)C(=O)OCC. The van der Waals surface area contributed by atoms with Gasteiger partial charge in [-0.1, -0.05) is 51.8 Å². The summed E-state index contributed by atoms with van der Waals surface area (Å²) in [5.41, 5.74) is 1.12. The Bertz CT molecular complexity index is 706. The van der Waals surface area contributed by atoms with Crippen molar-refractivity contribution in [2.45, 2.75) is 73.1 Å². The van der Waals surface area contributed by atoms with E-state index in [4.69, 9.17) is 9.47 Å². The zero-order valence-electron chi connectivity index (χ0n) is 19.0. The first kappa shape index (κ1) is 25.7. The minimum atomic E-state index is -1.92. The van der Waals surface area contributed by atoms with Crippen molar-refractivity contribution in [3.63, 3.8) is 0 Å². The van der Waals surface area contributed by atoms with E-state index in [2.05, 4.69) is 6.92 Å². The predicted molar refractivity (Wildman–Crippen MR) is 115 cm³/mol. The molecule has 0 saturated heterocycles. The number of carbonyl (C=O) groups excluding carboxylic acids is 2. The molecule has 30 heavy (non-hydrogen) atoms. The number of unbranched alkanes of at least 4 members (excludes halogenated alkanes) is 1. The minimum Gasteiger partial charge on any atom is -0.481 e. The summed E-state index contributed by atoms with van der Waals surface area (Å²) in [5, 5.41) is 10.0. The quantitative estimate of drug-likeness (QED) is 0.377. The number of carbonyl (C=O) groups is 3. The second-order valence-corrected chi connectivity index (χ2v) is 7.43. The molecule has 0 radical (unpaired) electrons. The molecule has 1 atom stereocenters. The van der Waals surface area contributed by atoms with E-state index in [9.17, 15) is 19.5 Å². The Morgan fingerprint density at radius 3 is 1.93 bits per heavy atom. The van der Waals surface area contributed by atoms with Gasteiger partial charge in [0.1, 0.15) is 0 Å². The molecular formula is C24H36O6. The molecule has 1 aromatic rings. The molecule has 0 fully saturated rings. The molecular weight excluding hydrogens is 384 g/mol. The third-order valence-electron chi connectivity index (χ3n) is 5.53. The van der Waals surface area contributed by atoms with Crippen molar-refractivity contribution in [3.05, 3.63) is 34.9 Å². The zero-order valence-corrected chi connectivity index (χ0v) is 19.0. The predicted octanol–water partition coefficient (Wildman–Crippen LogP) is 4.36. The number of hydrogen-bond donors (Lipinski definition) is 1. The van der Waals surface area contributed by atoms with Crippen LogP contribution in [0.4, 0.5) is 0 Å². The maximum absolute atomic E-state index is 13.2. The molecule has 0 aliphatic heterocycles. The van der Waals surface area contributed by atoms with Crippen molar-refractivity contribution < 1.29 is 29.0 Å². The van der Waals surface area contributed by atoms with E-state index in [0.29, 0.717) is 6.42 Å². The van der Waals surface area contributed by atoms with Crippen LogP contribution in [0.1, 0.15) is 70.6 Å². The van der Waals surface area contributed by atoms with Crippen LogP contribution >= 0.6 is 0 Å². The summed E-state index contributed by atoms with van der Waals surface area (Å²) in [6, 6.07) is 5.81. The molecule has 1 aromatic carbocycles. The van der Waals surface area contributed by atoms with Gasteiger partial charge in [-0.05, 0) is 49.8 Å². The van der Waals surface area contributed by atoms with Crippen LogP contribution in [0.3, 0.4) is 0 Å². The molecule has 0 bridgehead atoms. The van der Waals surface area contributed by atoms with Gasteiger partial charge >= 0.3 is 17.9 Å². The molecule has 0 heterocycles. The molecule has 6 nitrogen and oxygen atoms in total. The van der Waals surface area contributed by atoms with Crippen LogP contribution in [0.25, 0.3) is 0 Å². The average molecular weight is 421 g/mol. The van der Waals surface area contributed by atoms with E-state index in [0.717, 1.165) is 30.4 Å². The van der Waals surface area contributed by atoms with Crippen LogP contribution < -0.4 is 0 Å². The normalized spacial score (nSPS) is 12.3. The van der Waals surface area contributed by atoms with E-state index in [-0.39, 0.29) is 26.1 Å². The molecule has 0 saturated carbocycles. The van der Waals surface area contributed by atoms with Gasteiger partial charge in [0.05, 0.1) is 19.1 Å². The third-order valence-corrected chi connectivity index (χ3v) is 5.53. The van der Waals surface area contributed by atoms with Gasteiger partial charge in [0.15, 0.2) is 5.41 Å². The first-order valence-corrected chi connectivity index (χ1v) is 11.0. The molecule has 1 unspecified atom stereocenters. The average Bonchev–Trinajstić information content (AvgIpc) is 2.72. The summed E-state index contributed by atoms with van der Waals surface area (Å²) in [4.78, 5) is 38.6. The van der Waals surface area contributed by atoms with Crippen molar-refractivity contribution in [3.8, 4) is 0 Å². The molecule has 0 aromatic heterocycles. The van der Waals surface area contributed by atoms with Crippen molar-refractivity contribution in [1.82, 2.24) is 0 Å².